The van der Waals surface area contributed by atoms with E-state index in [0.29, 0.717) is 11.5 Å². The molecule has 0 radical (unpaired) electrons. The molecule has 3 rings (SSSR count). The molecule has 1 N–H and O–H groups in total. The molecule has 1 fully saturated rings. The fourth-order valence-corrected chi connectivity index (χ4v) is 2.90. The van der Waals surface area contributed by atoms with Gasteiger partial charge in [0.05, 0.1) is 6.04 Å². The zero-order valence-electron chi connectivity index (χ0n) is 12.4. The summed E-state index contributed by atoms with van der Waals surface area (Å²) in [6, 6.07) is 13.2. The highest BCUT2D eigenvalue weighted by atomic mass is 16.5. The van der Waals surface area contributed by atoms with Crippen LogP contribution in [0.3, 0.4) is 0 Å². The maximum Gasteiger partial charge on any atom is 0.251 e. The lowest BCUT2D eigenvalue weighted by Crippen LogP contribution is -2.36. The number of hydrogen-bond donors (Lipinski definition) is 1. The third kappa shape index (κ3) is 3.52. The third-order valence-corrected chi connectivity index (χ3v) is 4.10. The van der Waals surface area contributed by atoms with E-state index in [2.05, 4.69) is 10.3 Å². The van der Waals surface area contributed by atoms with Crippen LogP contribution in [0.15, 0.2) is 54.9 Å². The van der Waals surface area contributed by atoms with Gasteiger partial charge in [-0.2, -0.15) is 0 Å². The largest absolute Gasteiger partial charge is 0.381 e. The first-order valence-corrected chi connectivity index (χ1v) is 7.68. The van der Waals surface area contributed by atoms with Gasteiger partial charge in [-0.05, 0) is 42.5 Å². The van der Waals surface area contributed by atoms with Crippen LogP contribution in [0.5, 0.6) is 0 Å². The van der Waals surface area contributed by atoms with Crippen molar-refractivity contribution in [2.75, 3.05) is 13.2 Å². The Balaban J connectivity index is 1.81. The van der Waals surface area contributed by atoms with Crippen molar-refractivity contribution in [1.82, 2.24) is 10.3 Å². The fourth-order valence-electron chi connectivity index (χ4n) is 2.90. The van der Waals surface area contributed by atoms with E-state index in [4.69, 9.17) is 4.74 Å². The van der Waals surface area contributed by atoms with Gasteiger partial charge in [0.2, 0.25) is 0 Å². The summed E-state index contributed by atoms with van der Waals surface area (Å²) in [5.74, 6) is 0.339. The number of hydrogen-bond acceptors (Lipinski definition) is 3. The number of ether oxygens (including phenoxy) is 1. The molecule has 22 heavy (non-hydrogen) atoms. The fraction of sp³-hybridized carbons (Fsp3) is 0.333. The topological polar surface area (TPSA) is 51.2 Å². The number of aromatic nitrogens is 1. The lowest BCUT2D eigenvalue weighted by molar-refractivity contribution is 0.0513. The van der Waals surface area contributed by atoms with Crippen LogP contribution in [-0.2, 0) is 4.74 Å². The van der Waals surface area contributed by atoms with Crippen molar-refractivity contribution in [3.8, 4) is 0 Å². The number of pyridine rings is 1. The van der Waals surface area contributed by atoms with Crippen molar-refractivity contribution >= 4 is 5.91 Å². The van der Waals surface area contributed by atoms with Crippen LogP contribution in [0.1, 0.15) is 34.8 Å². The lowest BCUT2D eigenvalue weighted by atomic mass is 9.87. The van der Waals surface area contributed by atoms with E-state index in [1.54, 1.807) is 6.20 Å². The second kappa shape index (κ2) is 7.18. The molecule has 0 bridgehead atoms. The Labute approximate surface area is 130 Å². The van der Waals surface area contributed by atoms with Crippen LogP contribution in [0.2, 0.25) is 0 Å². The number of nitrogens with one attached hydrogen (secondary N) is 1. The second-order valence-electron chi connectivity index (χ2n) is 5.55. The minimum Gasteiger partial charge on any atom is -0.381 e. The molecule has 0 aliphatic carbocycles. The van der Waals surface area contributed by atoms with Crippen LogP contribution < -0.4 is 5.32 Å². The normalized spacial score (nSPS) is 16.9. The molecule has 1 amide bonds. The second-order valence-corrected chi connectivity index (χ2v) is 5.55. The molecule has 1 saturated heterocycles. The van der Waals surface area contributed by atoms with Crippen molar-refractivity contribution in [1.29, 1.82) is 0 Å². The van der Waals surface area contributed by atoms with Crippen LogP contribution in [0.25, 0.3) is 0 Å². The molecule has 2 aromatic rings. The number of benzene rings is 1. The van der Waals surface area contributed by atoms with E-state index in [-0.39, 0.29) is 11.9 Å². The Morgan fingerprint density at radius 1 is 1.14 bits per heavy atom. The summed E-state index contributed by atoms with van der Waals surface area (Å²) < 4.78 is 5.45. The molecule has 1 aliphatic rings. The average molecular weight is 296 g/mol. The highest BCUT2D eigenvalue weighted by Crippen LogP contribution is 2.30. The van der Waals surface area contributed by atoms with Gasteiger partial charge in [0.1, 0.15) is 0 Å². The average Bonchev–Trinajstić information content (AvgIpc) is 2.62. The number of amides is 1. The van der Waals surface area contributed by atoms with Crippen molar-refractivity contribution in [2.24, 2.45) is 5.92 Å². The minimum absolute atomic E-state index is 0.0229. The molecular weight excluding hydrogens is 276 g/mol. The van der Waals surface area contributed by atoms with E-state index in [9.17, 15) is 4.79 Å². The monoisotopic (exact) mass is 296 g/mol. The van der Waals surface area contributed by atoms with Gasteiger partial charge in [0, 0.05) is 31.2 Å². The maximum absolute atomic E-state index is 12.5. The van der Waals surface area contributed by atoms with Gasteiger partial charge < -0.3 is 10.1 Å². The summed E-state index contributed by atoms with van der Waals surface area (Å²) in [6.45, 7) is 1.51. The molecule has 1 aliphatic heterocycles. The van der Waals surface area contributed by atoms with E-state index >= 15 is 0 Å². The van der Waals surface area contributed by atoms with E-state index in [1.165, 1.54) is 0 Å². The van der Waals surface area contributed by atoms with Gasteiger partial charge in [-0.3, -0.25) is 9.78 Å². The van der Waals surface area contributed by atoms with E-state index in [1.807, 2.05) is 48.7 Å². The predicted octanol–water partition coefficient (Wildman–Crippen LogP) is 2.98. The van der Waals surface area contributed by atoms with Crippen molar-refractivity contribution < 1.29 is 9.53 Å². The quantitative estimate of drug-likeness (QED) is 0.943. The van der Waals surface area contributed by atoms with E-state index < -0.39 is 0 Å². The van der Waals surface area contributed by atoms with Crippen LogP contribution in [0, 0.1) is 5.92 Å². The number of carbonyl (C=O) groups is 1. The number of nitrogens with zero attached hydrogens (tertiary/aromatic N) is 1. The summed E-state index contributed by atoms with van der Waals surface area (Å²) in [5, 5.41) is 3.18. The molecule has 0 saturated carbocycles. The van der Waals surface area contributed by atoms with Crippen molar-refractivity contribution in [3.63, 3.8) is 0 Å². The standard InChI is InChI=1S/C18H20N2O2/c21-18(15-5-2-1-3-6-15)20-17(14-8-11-22-12-9-14)16-7-4-10-19-13-16/h1-7,10,13-14,17H,8-9,11-12H2,(H,20,21)/t17-/m1/s1. The predicted molar refractivity (Wildman–Crippen MR) is 84.4 cm³/mol. The molecule has 0 spiro atoms. The van der Waals surface area contributed by atoms with E-state index in [0.717, 1.165) is 31.6 Å². The molecule has 4 nitrogen and oxygen atoms in total. The molecular formula is C18H20N2O2. The summed E-state index contributed by atoms with van der Waals surface area (Å²) >= 11 is 0. The van der Waals surface area contributed by atoms with Gasteiger partial charge in [-0.15, -0.1) is 0 Å². The first kappa shape index (κ1) is 14.7. The highest BCUT2D eigenvalue weighted by Gasteiger charge is 2.27. The highest BCUT2D eigenvalue weighted by molar-refractivity contribution is 5.94. The molecule has 4 heteroatoms. The Bertz CT molecular complexity index is 595. The van der Waals surface area contributed by atoms with Gasteiger partial charge in [-0.25, -0.2) is 0 Å². The van der Waals surface area contributed by atoms with Gasteiger partial charge in [-0.1, -0.05) is 24.3 Å². The van der Waals surface area contributed by atoms with Crippen molar-refractivity contribution in [3.05, 3.63) is 66.0 Å². The molecule has 1 atom stereocenters. The number of rotatable bonds is 4. The summed E-state index contributed by atoms with van der Waals surface area (Å²) in [6.07, 6.45) is 5.50. The smallest absolute Gasteiger partial charge is 0.251 e. The van der Waals surface area contributed by atoms with Crippen LogP contribution in [0.4, 0.5) is 0 Å². The van der Waals surface area contributed by atoms with Crippen LogP contribution in [-0.4, -0.2) is 24.1 Å². The van der Waals surface area contributed by atoms with Gasteiger partial charge in [0.15, 0.2) is 0 Å². The Morgan fingerprint density at radius 3 is 2.59 bits per heavy atom. The Kier molecular flexibility index (Phi) is 4.81. The zero-order valence-corrected chi connectivity index (χ0v) is 12.4. The summed E-state index contributed by atoms with van der Waals surface area (Å²) in [4.78, 5) is 16.7. The molecule has 2 heterocycles. The Hall–Kier alpha value is -2.20. The molecule has 0 unspecified atom stereocenters. The zero-order chi connectivity index (χ0) is 15.2. The first-order chi connectivity index (χ1) is 10.8. The van der Waals surface area contributed by atoms with Gasteiger partial charge in [0.25, 0.3) is 5.91 Å². The minimum atomic E-state index is -0.0408. The SMILES string of the molecule is O=C(N[C@@H](c1cccnc1)C1CCOCC1)c1ccccc1. The third-order valence-electron chi connectivity index (χ3n) is 4.10. The lowest BCUT2D eigenvalue weighted by Gasteiger charge is -2.31. The van der Waals surface area contributed by atoms with Crippen molar-refractivity contribution in [2.45, 2.75) is 18.9 Å². The number of carbonyl (C=O) groups excluding carboxylic acids is 1. The summed E-state index contributed by atoms with van der Waals surface area (Å²) in [7, 11) is 0. The molecule has 1 aromatic heterocycles. The van der Waals surface area contributed by atoms with Gasteiger partial charge >= 0.3 is 0 Å². The first-order valence-electron chi connectivity index (χ1n) is 7.68. The summed E-state index contributed by atoms with van der Waals surface area (Å²) in [5.41, 5.74) is 1.74. The Morgan fingerprint density at radius 2 is 1.91 bits per heavy atom. The molecule has 1 aromatic carbocycles. The maximum atomic E-state index is 12.5. The van der Waals surface area contributed by atoms with Crippen LogP contribution >= 0.6 is 0 Å². The molecule has 114 valence electrons.